The molecule has 0 heterocycles. The molecule has 0 fully saturated rings. The Hall–Kier alpha value is -0.820. The lowest BCUT2D eigenvalue weighted by atomic mass is 9.77. The zero-order valence-electron chi connectivity index (χ0n) is 11.4. The molecule has 0 spiro atoms. The van der Waals surface area contributed by atoms with Crippen LogP contribution < -0.4 is 5.32 Å². The summed E-state index contributed by atoms with van der Waals surface area (Å²) in [6.45, 7) is 7.98. The lowest BCUT2D eigenvalue weighted by Gasteiger charge is -2.34. The van der Waals surface area contributed by atoms with E-state index in [2.05, 4.69) is 50.4 Å². The van der Waals surface area contributed by atoms with Crippen LogP contribution in [0.5, 0.6) is 0 Å². The summed E-state index contributed by atoms with van der Waals surface area (Å²) in [4.78, 5) is 0. The zero-order valence-corrected chi connectivity index (χ0v) is 11.4. The molecule has 1 aromatic rings. The van der Waals surface area contributed by atoms with Gasteiger partial charge in [0.2, 0.25) is 0 Å². The first kappa shape index (κ1) is 12.6. The van der Waals surface area contributed by atoms with Crippen LogP contribution in [0.15, 0.2) is 24.3 Å². The van der Waals surface area contributed by atoms with Gasteiger partial charge in [0.05, 0.1) is 0 Å². The molecule has 0 saturated heterocycles. The molecule has 0 radical (unpaired) electrons. The fourth-order valence-corrected chi connectivity index (χ4v) is 3.21. The molecule has 2 rings (SSSR count). The molecule has 0 saturated carbocycles. The maximum Gasteiger partial charge on any atom is 0.0121 e. The third-order valence-electron chi connectivity index (χ3n) is 4.05. The first-order valence-corrected chi connectivity index (χ1v) is 7.02. The van der Waals surface area contributed by atoms with Gasteiger partial charge in [-0.3, -0.25) is 0 Å². The molecule has 0 amide bonds. The summed E-state index contributed by atoms with van der Waals surface area (Å²) in [5, 5.41) is 3.68. The average Bonchev–Trinajstić information content (AvgIpc) is 2.35. The standard InChI is InChI=1S/C16H25N/c1-4-17-16(12(2)3)15-10-9-13-7-5-6-8-14(13)11-15/h5-8,12,15-17H,4,9-11H2,1-3H3. The van der Waals surface area contributed by atoms with Crippen molar-refractivity contribution in [3.8, 4) is 0 Å². The molecule has 1 aromatic carbocycles. The summed E-state index contributed by atoms with van der Waals surface area (Å²) in [6, 6.07) is 9.63. The Bertz CT molecular complexity index is 356. The highest BCUT2D eigenvalue weighted by molar-refractivity contribution is 5.30. The highest BCUT2D eigenvalue weighted by Crippen LogP contribution is 2.29. The maximum absolute atomic E-state index is 3.68. The van der Waals surface area contributed by atoms with E-state index in [0.29, 0.717) is 6.04 Å². The Morgan fingerprint density at radius 1 is 1.24 bits per heavy atom. The van der Waals surface area contributed by atoms with Crippen LogP contribution in [0.3, 0.4) is 0 Å². The molecule has 17 heavy (non-hydrogen) atoms. The second-order valence-corrected chi connectivity index (χ2v) is 5.60. The molecular weight excluding hydrogens is 206 g/mol. The summed E-state index contributed by atoms with van der Waals surface area (Å²) in [7, 11) is 0. The largest absolute Gasteiger partial charge is 0.314 e. The molecule has 2 atom stereocenters. The van der Waals surface area contributed by atoms with Gasteiger partial charge in [0.1, 0.15) is 0 Å². The molecule has 0 bridgehead atoms. The van der Waals surface area contributed by atoms with E-state index in [1.165, 1.54) is 19.3 Å². The summed E-state index contributed by atoms with van der Waals surface area (Å²) in [5.41, 5.74) is 3.15. The maximum atomic E-state index is 3.68. The minimum absolute atomic E-state index is 0.674. The second kappa shape index (κ2) is 5.68. The predicted octanol–water partition coefficient (Wildman–Crippen LogP) is 3.43. The van der Waals surface area contributed by atoms with Crippen molar-refractivity contribution in [1.29, 1.82) is 0 Å². The molecule has 1 nitrogen and oxygen atoms in total. The van der Waals surface area contributed by atoms with Crippen LogP contribution in [-0.4, -0.2) is 12.6 Å². The van der Waals surface area contributed by atoms with Gasteiger partial charge in [0, 0.05) is 6.04 Å². The van der Waals surface area contributed by atoms with E-state index in [1.807, 2.05) is 0 Å². The van der Waals surface area contributed by atoms with E-state index in [0.717, 1.165) is 18.4 Å². The average molecular weight is 231 g/mol. The minimum atomic E-state index is 0.674. The van der Waals surface area contributed by atoms with Crippen molar-refractivity contribution in [1.82, 2.24) is 5.32 Å². The van der Waals surface area contributed by atoms with Gasteiger partial charge in [0.25, 0.3) is 0 Å². The molecular formula is C16H25N. The topological polar surface area (TPSA) is 12.0 Å². The number of fused-ring (bicyclic) bond motifs is 1. The molecule has 0 aromatic heterocycles. The first-order chi connectivity index (χ1) is 8.22. The van der Waals surface area contributed by atoms with Crippen LogP contribution in [0, 0.1) is 11.8 Å². The summed E-state index contributed by atoms with van der Waals surface area (Å²) >= 11 is 0. The van der Waals surface area contributed by atoms with Crippen LogP contribution >= 0.6 is 0 Å². The van der Waals surface area contributed by atoms with Crippen LogP contribution in [0.25, 0.3) is 0 Å². The first-order valence-electron chi connectivity index (χ1n) is 7.02. The van der Waals surface area contributed by atoms with Crippen LogP contribution in [0.4, 0.5) is 0 Å². The van der Waals surface area contributed by atoms with Crippen LogP contribution in [-0.2, 0) is 12.8 Å². The zero-order chi connectivity index (χ0) is 12.3. The fraction of sp³-hybridized carbons (Fsp3) is 0.625. The third kappa shape index (κ3) is 2.90. The van der Waals surface area contributed by atoms with Crippen LogP contribution in [0.1, 0.15) is 38.3 Å². The van der Waals surface area contributed by atoms with Crippen molar-refractivity contribution in [2.45, 2.75) is 46.1 Å². The van der Waals surface area contributed by atoms with E-state index in [-0.39, 0.29) is 0 Å². The molecule has 2 unspecified atom stereocenters. The molecule has 1 aliphatic carbocycles. The van der Waals surface area contributed by atoms with Gasteiger partial charge in [-0.25, -0.2) is 0 Å². The number of hydrogen-bond donors (Lipinski definition) is 1. The number of nitrogens with one attached hydrogen (secondary N) is 1. The van der Waals surface area contributed by atoms with Gasteiger partial charge in [-0.15, -0.1) is 0 Å². The Kier molecular flexibility index (Phi) is 4.22. The summed E-state index contributed by atoms with van der Waals surface area (Å²) < 4.78 is 0. The van der Waals surface area contributed by atoms with Crippen LogP contribution in [0.2, 0.25) is 0 Å². The number of hydrogen-bond acceptors (Lipinski definition) is 1. The van der Waals surface area contributed by atoms with E-state index >= 15 is 0 Å². The third-order valence-corrected chi connectivity index (χ3v) is 4.05. The molecule has 0 aliphatic heterocycles. The van der Waals surface area contributed by atoms with E-state index in [4.69, 9.17) is 0 Å². The monoisotopic (exact) mass is 231 g/mol. The summed E-state index contributed by atoms with van der Waals surface area (Å²) in [5.74, 6) is 1.54. The number of rotatable bonds is 4. The number of benzene rings is 1. The normalized spacial score (nSPS) is 21.3. The van der Waals surface area contributed by atoms with Gasteiger partial charge in [-0.05, 0) is 48.8 Å². The molecule has 1 aliphatic rings. The lowest BCUT2D eigenvalue weighted by Crippen LogP contribution is -2.42. The van der Waals surface area contributed by atoms with Gasteiger partial charge < -0.3 is 5.32 Å². The van der Waals surface area contributed by atoms with Gasteiger partial charge in [-0.2, -0.15) is 0 Å². The van der Waals surface area contributed by atoms with Crippen molar-refractivity contribution < 1.29 is 0 Å². The second-order valence-electron chi connectivity index (χ2n) is 5.60. The van der Waals surface area contributed by atoms with Crippen molar-refractivity contribution in [2.75, 3.05) is 6.54 Å². The highest BCUT2D eigenvalue weighted by atomic mass is 14.9. The van der Waals surface area contributed by atoms with E-state index < -0.39 is 0 Å². The van der Waals surface area contributed by atoms with Gasteiger partial charge in [0.15, 0.2) is 0 Å². The molecule has 1 N–H and O–H groups in total. The Labute approximate surface area is 106 Å². The van der Waals surface area contributed by atoms with Crippen molar-refractivity contribution in [3.63, 3.8) is 0 Å². The van der Waals surface area contributed by atoms with Crippen molar-refractivity contribution in [3.05, 3.63) is 35.4 Å². The Morgan fingerprint density at radius 3 is 2.59 bits per heavy atom. The van der Waals surface area contributed by atoms with E-state index in [1.54, 1.807) is 11.1 Å². The van der Waals surface area contributed by atoms with Gasteiger partial charge in [-0.1, -0.05) is 45.0 Å². The SMILES string of the molecule is CCNC(C(C)C)C1CCc2ccccc2C1. The van der Waals surface area contributed by atoms with E-state index in [9.17, 15) is 0 Å². The summed E-state index contributed by atoms with van der Waals surface area (Å²) in [6.07, 6.45) is 3.86. The Balaban J connectivity index is 2.10. The smallest absolute Gasteiger partial charge is 0.0121 e. The molecule has 94 valence electrons. The number of aryl methyl sites for hydroxylation is 1. The van der Waals surface area contributed by atoms with Crippen molar-refractivity contribution in [2.24, 2.45) is 11.8 Å². The minimum Gasteiger partial charge on any atom is -0.314 e. The lowest BCUT2D eigenvalue weighted by molar-refractivity contribution is 0.263. The predicted molar refractivity (Wildman–Crippen MR) is 74.3 cm³/mol. The van der Waals surface area contributed by atoms with Crippen molar-refractivity contribution >= 4 is 0 Å². The van der Waals surface area contributed by atoms with Gasteiger partial charge >= 0.3 is 0 Å². The Morgan fingerprint density at radius 2 is 1.94 bits per heavy atom. The quantitative estimate of drug-likeness (QED) is 0.837. The molecule has 1 heteroatoms. The highest BCUT2D eigenvalue weighted by Gasteiger charge is 2.27. The fourth-order valence-electron chi connectivity index (χ4n) is 3.21.